The van der Waals surface area contributed by atoms with Crippen LogP contribution in [0.1, 0.15) is 5.56 Å². The summed E-state index contributed by atoms with van der Waals surface area (Å²) in [5, 5.41) is 20.3. The molecule has 1 rings (SSSR count). The molecule has 1 amide bonds. The van der Waals surface area contributed by atoms with E-state index in [1.807, 2.05) is 0 Å². The number of aliphatic carboxylic acids is 1. The lowest BCUT2D eigenvalue weighted by atomic mass is 10.1. The normalized spacial score (nSPS) is 11.5. The number of carboxylic acids is 1. The fraction of sp³-hybridized carbons (Fsp3) is 0.167. The molecule has 0 saturated heterocycles. The molecule has 0 spiro atoms. The number of rotatable bonds is 5. The summed E-state index contributed by atoms with van der Waals surface area (Å²) in [5.74, 6) is -1.54. The standard InChI is InChI=1S/C12H13NO4/c1-2-11(15)13-10(12(16)17)7-8-3-5-9(14)6-4-8/h2-6,10,14H,1,7H2,(H,13,15)(H,16,17). The lowest BCUT2D eigenvalue weighted by molar-refractivity contribution is -0.141. The van der Waals surface area contributed by atoms with E-state index in [9.17, 15) is 9.59 Å². The zero-order valence-corrected chi connectivity index (χ0v) is 9.09. The molecule has 1 aromatic carbocycles. The van der Waals surface area contributed by atoms with E-state index in [2.05, 4.69) is 11.9 Å². The van der Waals surface area contributed by atoms with Gasteiger partial charge in [0, 0.05) is 6.42 Å². The van der Waals surface area contributed by atoms with E-state index < -0.39 is 17.9 Å². The Kier molecular flexibility index (Phi) is 4.28. The number of hydrogen-bond donors (Lipinski definition) is 3. The molecular weight excluding hydrogens is 222 g/mol. The van der Waals surface area contributed by atoms with Crippen molar-refractivity contribution >= 4 is 11.9 Å². The van der Waals surface area contributed by atoms with E-state index >= 15 is 0 Å². The van der Waals surface area contributed by atoms with Crippen molar-refractivity contribution in [1.29, 1.82) is 0 Å². The van der Waals surface area contributed by atoms with Crippen LogP contribution in [0.4, 0.5) is 0 Å². The fourth-order valence-electron chi connectivity index (χ4n) is 1.30. The lowest BCUT2D eigenvalue weighted by Crippen LogP contribution is -2.41. The summed E-state index contributed by atoms with van der Waals surface area (Å²) in [6.45, 7) is 3.25. The molecule has 0 bridgehead atoms. The number of phenolic OH excluding ortho intramolecular Hbond substituents is 1. The first-order valence-corrected chi connectivity index (χ1v) is 4.96. The lowest BCUT2D eigenvalue weighted by Gasteiger charge is -2.13. The Labute approximate surface area is 98.4 Å². The Hall–Kier alpha value is -2.30. The molecule has 0 radical (unpaired) electrons. The monoisotopic (exact) mass is 235 g/mol. The first-order valence-electron chi connectivity index (χ1n) is 4.96. The van der Waals surface area contributed by atoms with Crippen molar-refractivity contribution in [2.45, 2.75) is 12.5 Å². The summed E-state index contributed by atoms with van der Waals surface area (Å²) in [7, 11) is 0. The minimum absolute atomic E-state index is 0.107. The number of hydrogen-bond acceptors (Lipinski definition) is 3. The molecule has 1 unspecified atom stereocenters. The number of benzene rings is 1. The first-order chi connectivity index (χ1) is 8.02. The minimum atomic E-state index is -1.12. The van der Waals surface area contributed by atoms with Gasteiger partial charge in [-0.25, -0.2) is 4.79 Å². The maximum Gasteiger partial charge on any atom is 0.326 e. The van der Waals surface area contributed by atoms with Crippen LogP contribution in [-0.2, 0) is 16.0 Å². The van der Waals surface area contributed by atoms with Gasteiger partial charge >= 0.3 is 5.97 Å². The molecule has 17 heavy (non-hydrogen) atoms. The quantitative estimate of drug-likeness (QED) is 0.655. The minimum Gasteiger partial charge on any atom is -0.508 e. The van der Waals surface area contributed by atoms with Crippen LogP contribution in [0, 0.1) is 0 Å². The maximum absolute atomic E-state index is 11.0. The maximum atomic E-state index is 11.0. The third-order valence-corrected chi connectivity index (χ3v) is 2.18. The Morgan fingerprint density at radius 3 is 2.41 bits per heavy atom. The van der Waals surface area contributed by atoms with Crippen molar-refractivity contribution in [3.8, 4) is 5.75 Å². The summed E-state index contributed by atoms with van der Waals surface area (Å²) in [6, 6.07) is 5.12. The second-order valence-electron chi connectivity index (χ2n) is 3.47. The number of carboxylic acid groups (broad SMARTS) is 1. The van der Waals surface area contributed by atoms with Gasteiger partial charge in [-0.3, -0.25) is 4.79 Å². The molecule has 3 N–H and O–H groups in total. The second kappa shape index (κ2) is 5.69. The summed E-state index contributed by atoms with van der Waals surface area (Å²) < 4.78 is 0. The Morgan fingerprint density at radius 1 is 1.35 bits per heavy atom. The van der Waals surface area contributed by atoms with Gasteiger partial charge in [0.2, 0.25) is 5.91 Å². The second-order valence-corrected chi connectivity index (χ2v) is 3.47. The molecule has 0 aromatic heterocycles. The van der Waals surface area contributed by atoms with E-state index in [0.717, 1.165) is 6.08 Å². The van der Waals surface area contributed by atoms with Gasteiger partial charge in [0.15, 0.2) is 0 Å². The van der Waals surface area contributed by atoms with Crippen molar-refractivity contribution in [2.24, 2.45) is 0 Å². The molecule has 5 heteroatoms. The van der Waals surface area contributed by atoms with Crippen molar-refractivity contribution in [2.75, 3.05) is 0 Å². The number of nitrogens with one attached hydrogen (secondary N) is 1. The molecule has 1 atom stereocenters. The summed E-state index contributed by atoms with van der Waals surface area (Å²) >= 11 is 0. The van der Waals surface area contributed by atoms with Crippen LogP contribution in [0.5, 0.6) is 5.75 Å². The highest BCUT2D eigenvalue weighted by Crippen LogP contribution is 2.11. The third kappa shape index (κ3) is 3.98. The van der Waals surface area contributed by atoms with E-state index in [0.29, 0.717) is 5.56 Å². The molecular formula is C12H13NO4. The summed E-state index contributed by atoms with van der Waals surface area (Å²) in [6.07, 6.45) is 1.17. The van der Waals surface area contributed by atoms with Gasteiger partial charge in [-0.1, -0.05) is 18.7 Å². The predicted molar refractivity (Wildman–Crippen MR) is 61.6 cm³/mol. The zero-order chi connectivity index (χ0) is 12.8. The van der Waals surface area contributed by atoms with Crippen molar-refractivity contribution in [3.05, 3.63) is 42.5 Å². The number of aromatic hydroxyl groups is 1. The smallest absolute Gasteiger partial charge is 0.326 e. The molecule has 0 heterocycles. The van der Waals surface area contributed by atoms with Crippen LogP contribution < -0.4 is 5.32 Å². The van der Waals surface area contributed by atoms with Crippen LogP contribution in [0.2, 0.25) is 0 Å². The van der Waals surface area contributed by atoms with Gasteiger partial charge in [-0.2, -0.15) is 0 Å². The van der Waals surface area contributed by atoms with Crippen molar-refractivity contribution in [3.63, 3.8) is 0 Å². The average molecular weight is 235 g/mol. The van der Waals surface area contributed by atoms with E-state index in [4.69, 9.17) is 10.2 Å². The van der Waals surface area contributed by atoms with Gasteiger partial charge in [-0.15, -0.1) is 0 Å². The highest BCUT2D eigenvalue weighted by Gasteiger charge is 2.19. The SMILES string of the molecule is C=CC(=O)NC(Cc1ccc(O)cc1)C(=O)O. The number of carbonyl (C=O) groups is 2. The molecule has 0 saturated carbocycles. The average Bonchev–Trinajstić information content (AvgIpc) is 2.30. The Bertz CT molecular complexity index is 425. The molecule has 0 aliphatic carbocycles. The Balaban J connectivity index is 2.73. The van der Waals surface area contributed by atoms with E-state index in [-0.39, 0.29) is 12.2 Å². The largest absolute Gasteiger partial charge is 0.508 e. The number of carbonyl (C=O) groups excluding carboxylic acids is 1. The summed E-state index contributed by atoms with van der Waals surface area (Å²) in [4.78, 5) is 22.0. The van der Waals surface area contributed by atoms with Gasteiger partial charge in [0.05, 0.1) is 0 Å². The van der Waals surface area contributed by atoms with Crippen LogP contribution >= 0.6 is 0 Å². The fourth-order valence-corrected chi connectivity index (χ4v) is 1.30. The van der Waals surface area contributed by atoms with Crippen molar-refractivity contribution < 1.29 is 19.8 Å². The summed E-state index contributed by atoms with van der Waals surface area (Å²) in [5.41, 5.74) is 0.708. The molecule has 1 aromatic rings. The highest BCUT2D eigenvalue weighted by molar-refractivity contribution is 5.90. The van der Waals surface area contributed by atoms with Gasteiger partial charge in [0.1, 0.15) is 11.8 Å². The van der Waals surface area contributed by atoms with Crippen LogP contribution in [0.25, 0.3) is 0 Å². The first kappa shape index (κ1) is 12.8. The van der Waals surface area contributed by atoms with Crippen molar-refractivity contribution in [1.82, 2.24) is 5.32 Å². The molecule has 0 fully saturated rings. The van der Waals surface area contributed by atoms with Gasteiger partial charge in [0.25, 0.3) is 0 Å². The van der Waals surface area contributed by atoms with E-state index in [1.165, 1.54) is 12.1 Å². The van der Waals surface area contributed by atoms with Crippen LogP contribution in [-0.4, -0.2) is 28.1 Å². The Morgan fingerprint density at radius 2 is 1.94 bits per heavy atom. The number of phenols is 1. The molecule has 5 nitrogen and oxygen atoms in total. The highest BCUT2D eigenvalue weighted by atomic mass is 16.4. The number of amides is 1. The topological polar surface area (TPSA) is 86.6 Å². The van der Waals surface area contributed by atoms with E-state index in [1.54, 1.807) is 12.1 Å². The molecule has 90 valence electrons. The third-order valence-electron chi connectivity index (χ3n) is 2.18. The molecule has 0 aliphatic rings. The van der Waals surface area contributed by atoms with Crippen LogP contribution in [0.3, 0.4) is 0 Å². The van der Waals surface area contributed by atoms with Gasteiger partial charge in [-0.05, 0) is 23.8 Å². The van der Waals surface area contributed by atoms with Gasteiger partial charge < -0.3 is 15.5 Å². The zero-order valence-electron chi connectivity index (χ0n) is 9.09. The predicted octanol–water partition coefficient (Wildman–Crippen LogP) is 0.690. The molecule has 0 aliphatic heterocycles. The van der Waals surface area contributed by atoms with Crippen LogP contribution in [0.15, 0.2) is 36.9 Å².